The molecule has 0 aromatic heterocycles. The lowest BCUT2D eigenvalue weighted by Crippen LogP contribution is -2.42. The van der Waals surface area contributed by atoms with Gasteiger partial charge in [-0.25, -0.2) is 0 Å². The van der Waals surface area contributed by atoms with Crippen LogP contribution in [0.5, 0.6) is 0 Å². The fourth-order valence-electron chi connectivity index (χ4n) is 3.74. The van der Waals surface area contributed by atoms with Crippen LogP contribution in [0.3, 0.4) is 0 Å². The van der Waals surface area contributed by atoms with Crippen molar-refractivity contribution in [3.05, 3.63) is 71.8 Å². The van der Waals surface area contributed by atoms with Gasteiger partial charge in [0.05, 0.1) is 19.3 Å². The van der Waals surface area contributed by atoms with Gasteiger partial charge < -0.3 is 23.7 Å². The summed E-state index contributed by atoms with van der Waals surface area (Å²) >= 11 is 0. The molecular weight excluding hydrogens is 356 g/mol. The molecule has 150 valence electrons. The van der Waals surface area contributed by atoms with Crippen LogP contribution in [0, 0.1) is 0 Å². The first kappa shape index (κ1) is 19.6. The Morgan fingerprint density at radius 3 is 2.14 bits per heavy atom. The van der Waals surface area contributed by atoms with Crippen molar-refractivity contribution in [3.8, 4) is 0 Å². The van der Waals surface area contributed by atoms with Crippen molar-refractivity contribution in [2.45, 2.75) is 70.5 Å². The Hall–Kier alpha value is -1.76. The SMILES string of the molecule is C[C@@H](OCc1ccccc1)[C@H]1O[C@@H]2OC(C)(C)O[C@@H]2[C@H]1OCc1ccccc1. The van der Waals surface area contributed by atoms with E-state index in [9.17, 15) is 0 Å². The number of ether oxygens (including phenoxy) is 5. The second-order valence-electron chi connectivity index (χ2n) is 7.83. The van der Waals surface area contributed by atoms with Crippen LogP contribution >= 0.6 is 0 Å². The second kappa shape index (κ2) is 8.31. The highest BCUT2D eigenvalue weighted by Gasteiger charge is 2.56. The van der Waals surface area contributed by atoms with Crippen LogP contribution in [0.4, 0.5) is 0 Å². The number of hydrogen-bond donors (Lipinski definition) is 0. The molecule has 5 nitrogen and oxygen atoms in total. The molecule has 2 fully saturated rings. The smallest absolute Gasteiger partial charge is 0.190 e. The Kier molecular flexibility index (Phi) is 5.80. The molecule has 0 spiro atoms. The van der Waals surface area contributed by atoms with Gasteiger partial charge in [-0.2, -0.15) is 0 Å². The lowest BCUT2D eigenvalue weighted by Gasteiger charge is -2.29. The van der Waals surface area contributed by atoms with Crippen molar-refractivity contribution < 1.29 is 23.7 Å². The quantitative estimate of drug-likeness (QED) is 0.721. The molecular formula is C23H28O5. The highest BCUT2D eigenvalue weighted by Crippen LogP contribution is 2.40. The summed E-state index contributed by atoms with van der Waals surface area (Å²) in [5.41, 5.74) is 2.24. The first-order chi connectivity index (χ1) is 13.5. The molecule has 2 aromatic carbocycles. The molecule has 2 aromatic rings. The molecule has 2 aliphatic rings. The Balaban J connectivity index is 1.43. The topological polar surface area (TPSA) is 46.2 Å². The maximum Gasteiger partial charge on any atom is 0.190 e. The van der Waals surface area contributed by atoms with Gasteiger partial charge >= 0.3 is 0 Å². The second-order valence-corrected chi connectivity index (χ2v) is 7.83. The van der Waals surface area contributed by atoms with Crippen molar-refractivity contribution in [3.63, 3.8) is 0 Å². The van der Waals surface area contributed by atoms with Crippen molar-refractivity contribution in [1.82, 2.24) is 0 Å². The summed E-state index contributed by atoms with van der Waals surface area (Å²) in [6.07, 6.45) is -1.41. The average molecular weight is 384 g/mol. The Labute approximate surface area is 166 Å². The normalized spacial score (nSPS) is 29.5. The van der Waals surface area contributed by atoms with Crippen LogP contribution in [-0.4, -0.2) is 36.5 Å². The molecule has 0 bridgehead atoms. The van der Waals surface area contributed by atoms with Crippen LogP contribution in [-0.2, 0) is 36.9 Å². The predicted octanol–water partition coefficient (Wildman–Crippen LogP) is 4.05. The fraction of sp³-hybridized carbons (Fsp3) is 0.478. The van der Waals surface area contributed by atoms with E-state index in [4.69, 9.17) is 23.7 Å². The minimum absolute atomic E-state index is 0.165. The van der Waals surface area contributed by atoms with E-state index < -0.39 is 12.1 Å². The molecule has 0 unspecified atom stereocenters. The van der Waals surface area contributed by atoms with Crippen molar-refractivity contribution in [2.24, 2.45) is 0 Å². The summed E-state index contributed by atoms with van der Waals surface area (Å²) in [5, 5.41) is 0. The molecule has 28 heavy (non-hydrogen) atoms. The zero-order valence-electron chi connectivity index (χ0n) is 16.6. The maximum absolute atomic E-state index is 6.27. The van der Waals surface area contributed by atoms with E-state index in [2.05, 4.69) is 12.1 Å². The van der Waals surface area contributed by atoms with E-state index in [1.807, 2.05) is 69.3 Å². The summed E-state index contributed by atoms with van der Waals surface area (Å²) in [4.78, 5) is 0. The van der Waals surface area contributed by atoms with E-state index in [1.54, 1.807) is 0 Å². The molecule has 0 saturated carbocycles. The molecule has 2 aliphatic heterocycles. The minimum atomic E-state index is -0.678. The van der Waals surface area contributed by atoms with Gasteiger partial charge in [0.25, 0.3) is 0 Å². The predicted molar refractivity (Wildman–Crippen MR) is 104 cm³/mol. The molecule has 2 saturated heterocycles. The highest BCUT2D eigenvalue weighted by atomic mass is 16.8. The number of rotatable bonds is 7. The third kappa shape index (κ3) is 4.45. The third-order valence-electron chi connectivity index (χ3n) is 5.13. The van der Waals surface area contributed by atoms with E-state index >= 15 is 0 Å². The summed E-state index contributed by atoms with van der Waals surface area (Å²) < 4.78 is 30.5. The van der Waals surface area contributed by atoms with Crippen molar-refractivity contribution in [1.29, 1.82) is 0 Å². The fourth-order valence-corrected chi connectivity index (χ4v) is 3.74. The lowest BCUT2D eigenvalue weighted by atomic mass is 10.1. The zero-order chi connectivity index (χ0) is 19.6. The number of fused-ring (bicyclic) bond motifs is 1. The number of benzene rings is 2. The molecule has 5 atom stereocenters. The summed E-state index contributed by atoms with van der Waals surface area (Å²) in [7, 11) is 0. The van der Waals surface area contributed by atoms with E-state index in [1.165, 1.54) is 0 Å². The van der Waals surface area contributed by atoms with Crippen LogP contribution in [0.1, 0.15) is 31.9 Å². The van der Waals surface area contributed by atoms with Gasteiger partial charge in [0.1, 0.15) is 18.3 Å². The van der Waals surface area contributed by atoms with Crippen LogP contribution in [0.15, 0.2) is 60.7 Å². The first-order valence-electron chi connectivity index (χ1n) is 9.84. The molecule has 4 rings (SSSR count). The van der Waals surface area contributed by atoms with E-state index in [-0.39, 0.29) is 24.4 Å². The average Bonchev–Trinajstić information content (AvgIpc) is 3.18. The van der Waals surface area contributed by atoms with E-state index in [0.717, 1.165) is 11.1 Å². The summed E-state index contributed by atoms with van der Waals surface area (Å²) in [6, 6.07) is 20.2. The van der Waals surface area contributed by atoms with Gasteiger partial charge in [-0.15, -0.1) is 0 Å². The molecule has 5 heteroatoms. The third-order valence-corrected chi connectivity index (χ3v) is 5.13. The van der Waals surface area contributed by atoms with Crippen LogP contribution < -0.4 is 0 Å². The highest BCUT2D eigenvalue weighted by molar-refractivity contribution is 5.14. The van der Waals surface area contributed by atoms with Gasteiger partial charge in [0.15, 0.2) is 12.1 Å². The molecule has 0 radical (unpaired) electrons. The lowest BCUT2D eigenvalue weighted by molar-refractivity contribution is -0.233. The first-order valence-corrected chi connectivity index (χ1v) is 9.84. The van der Waals surface area contributed by atoms with Gasteiger partial charge in [-0.1, -0.05) is 60.7 Å². The Morgan fingerprint density at radius 2 is 1.50 bits per heavy atom. The number of hydrogen-bond acceptors (Lipinski definition) is 5. The van der Waals surface area contributed by atoms with Gasteiger partial charge in [0.2, 0.25) is 0 Å². The molecule has 0 aliphatic carbocycles. The summed E-state index contributed by atoms with van der Waals surface area (Å²) in [5.74, 6) is -0.678. The molecule has 2 heterocycles. The van der Waals surface area contributed by atoms with Gasteiger partial charge in [0, 0.05) is 0 Å². The standard InChI is InChI=1S/C23H28O5/c1-16(24-14-17-10-6-4-7-11-17)19-20(25-15-18-12-8-5-9-13-18)21-22(26-19)28-23(2,3)27-21/h4-13,16,19-22H,14-15H2,1-3H3/t16-,19-,20+,21-,22-/m1/s1. The Morgan fingerprint density at radius 1 is 0.893 bits per heavy atom. The zero-order valence-corrected chi connectivity index (χ0v) is 16.6. The van der Waals surface area contributed by atoms with Crippen molar-refractivity contribution in [2.75, 3.05) is 0 Å². The van der Waals surface area contributed by atoms with Crippen LogP contribution in [0.2, 0.25) is 0 Å². The monoisotopic (exact) mass is 384 g/mol. The van der Waals surface area contributed by atoms with Gasteiger partial charge in [-0.3, -0.25) is 0 Å². The maximum atomic E-state index is 6.27. The van der Waals surface area contributed by atoms with E-state index in [0.29, 0.717) is 13.2 Å². The molecule has 0 amide bonds. The van der Waals surface area contributed by atoms with Gasteiger partial charge in [-0.05, 0) is 31.9 Å². The summed E-state index contributed by atoms with van der Waals surface area (Å²) in [6.45, 7) is 6.82. The van der Waals surface area contributed by atoms with Crippen molar-refractivity contribution >= 4 is 0 Å². The van der Waals surface area contributed by atoms with Crippen LogP contribution in [0.25, 0.3) is 0 Å². The Bertz CT molecular complexity index is 748. The largest absolute Gasteiger partial charge is 0.371 e. The molecule has 0 N–H and O–H groups in total. The minimum Gasteiger partial charge on any atom is -0.371 e.